The molecule has 3 aromatic carbocycles. The summed E-state index contributed by atoms with van der Waals surface area (Å²) in [5, 5.41) is 10.5. The Labute approximate surface area is 160 Å². The van der Waals surface area contributed by atoms with Crippen LogP contribution in [0.15, 0.2) is 83.9 Å². The number of rotatable bonds is 7. The van der Waals surface area contributed by atoms with E-state index in [-0.39, 0.29) is 5.75 Å². The smallest absolute Gasteiger partial charge is 0.124 e. The molecule has 0 aromatic heterocycles. The summed E-state index contributed by atoms with van der Waals surface area (Å²) in [5.74, 6) is 4.03. The van der Waals surface area contributed by atoms with E-state index in [2.05, 4.69) is 17.8 Å². The van der Waals surface area contributed by atoms with Crippen molar-refractivity contribution >= 4 is 17.1 Å². The van der Waals surface area contributed by atoms with Crippen LogP contribution < -0.4 is 4.74 Å². The number of phenolic OH excluding ortho intramolecular Hbond substituents is 1. The maximum atomic E-state index is 10.5. The number of ether oxygens (including phenoxy) is 1. The normalized spacial score (nSPS) is 10.1. The third-order valence-electron chi connectivity index (χ3n) is 4.12. The monoisotopic (exact) mass is 357 g/mol. The SMILES string of the molecule is CCCCOc1ccc(O)c(C(=C=Nc2ccccc2)c2ccccc2)c1. The highest BCUT2D eigenvalue weighted by Gasteiger charge is 2.12. The molecule has 0 heterocycles. The molecule has 0 aliphatic carbocycles. The van der Waals surface area contributed by atoms with Gasteiger partial charge in [-0.05, 0) is 48.2 Å². The fourth-order valence-electron chi connectivity index (χ4n) is 2.65. The average molecular weight is 357 g/mol. The standard InChI is InChI=1S/C24H23NO2/c1-2-3-16-27-21-14-15-24(26)22(17-21)23(19-10-6-4-7-11-19)18-25-20-12-8-5-9-13-20/h4-15,17,26H,2-3,16H2,1H3. The number of aliphatic imine (C=N–C) groups is 1. The van der Waals surface area contributed by atoms with Gasteiger partial charge in [-0.15, -0.1) is 0 Å². The molecular weight excluding hydrogens is 334 g/mol. The molecule has 0 amide bonds. The van der Waals surface area contributed by atoms with E-state index in [0.29, 0.717) is 12.2 Å². The second-order valence-electron chi connectivity index (χ2n) is 6.18. The zero-order chi connectivity index (χ0) is 18.9. The Morgan fingerprint density at radius 1 is 0.963 bits per heavy atom. The van der Waals surface area contributed by atoms with Gasteiger partial charge in [0.15, 0.2) is 0 Å². The van der Waals surface area contributed by atoms with Crippen molar-refractivity contribution in [3.05, 3.63) is 90.0 Å². The predicted octanol–water partition coefficient (Wildman–Crippen LogP) is 6.00. The highest BCUT2D eigenvalue weighted by atomic mass is 16.5. The molecule has 0 fully saturated rings. The molecule has 0 aliphatic rings. The summed E-state index contributed by atoms with van der Waals surface area (Å²) in [7, 11) is 0. The lowest BCUT2D eigenvalue weighted by molar-refractivity contribution is 0.308. The van der Waals surface area contributed by atoms with Crippen LogP contribution in [0.1, 0.15) is 30.9 Å². The van der Waals surface area contributed by atoms with Crippen molar-refractivity contribution in [3.8, 4) is 11.5 Å². The van der Waals surface area contributed by atoms with Crippen LogP contribution in [-0.4, -0.2) is 17.6 Å². The number of unbranched alkanes of at least 4 members (excludes halogenated alkanes) is 1. The Morgan fingerprint density at radius 2 is 1.67 bits per heavy atom. The van der Waals surface area contributed by atoms with Crippen LogP contribution in [0, 0.1) is 0 Å². The number of hydrogen-bond acceptors (Lipinski definition) is 3. The highest BCUT2D eigenvalue weighted by Crippen LogP contribution is 2.32. The molecule has 0 saturated heterocycles. The van der Waals surface area contributed by atoms with Gasteiger partial charge in [-0.3, -0.25) is 0 Å². The van der Waals surface area contributed by atoms with E-state index in [0.717, 1.165) is 35.4 Å². The molecule has 3 rings (SSSR count). The molecule has 3 aromatic rings. The van der Waals surface area contributed by atoms with Gasteiger partial charge in [0, 0.05) is 5.56 Å². The first-order valence-corrected chi connectivity index (χ1v) is 9.18. The van der Waals surface area contributed by atoms with Crippen molar-refractivity contribution in [1.29, 1.82) is 0 Å². The van der Waals surface area contributed by atoms with Crippen LogP contribution in [0.2, 0.25) is 0 Å². The zero-order valence-electron chi connectivity index (χ0n) is 15.4. The first-order chi connectivity index (χ1) is 13.3. The van der Waals surface area contributed by atoms with Crippen molar-refractivity contribution in [2.45, 2.75) is 19.8 Å². The summed E-state index contributed by atoms with van der Waals surface area (Å²) < 4.78 is 5.81. The largest absolute Gasteiger partial charge is 0.507 e. The zero-order valence-corrected chi connectivity index (χ0v) is 15.4. The lowest BCUT2D eigenvalue weighted by Crippen LogP contribution is -1.98. The maximum absolute atomic E-state index is 10.5. The fraction of sp³-hybridized carbons (Fsp3) is 0.167. The van der Waals surface area contributed by atoms with Crippen molar-refractivity contribution < 1.29 is 9.84 Å². The van der Waals surface area contributed by atoms with E-state index in [1.807, 2.05) is 66.7 Å². The topological polar surface area (TPSA) is 41.8 Å². The number of aromatic hydroxyl groups is 1. The molecular formula is C24H23NO2. The van der Waals surface area contributed by atoms with Gasteiger partial charge in [0.25, 0.3) is 0 Å². The van der Waals surface area contributed by atoms with Gasteiger partial charge < -0.3 is 9.84 Å². The van der Waals surface area contributed by atoms with Gasteiger partial charge in [-0.2, -0.15) is 0 Å². The van der Waals surface area contributed by atoms with Gasteiger partial charge in [0.1, 0.15) is 11.5 Å². The Kier molecular flexibility index (Phi) is 6.45. The molecule has 0 spiro atoms. The Bertz CT molecular complexity index is 927. The molecule has 0 radical (unpaired) electrons. The molecule has 3 heteroatoms. The van der Waals surface area contributed by atoms with Crippen molar-refractivity contribution in [3.63, 3.8) is 0 Å². The third kappa shape index (κ3) is 5.10. The van der Waals surface area contributed by atoms with Crippen molar-refractivity contribution in [2.75, 3.05) is 6.61 Å². The number of nitrogens with zero attached hydrogens (tertiary/aromatic N) is 1. The van der Waals surface area contributed by atoms with Crippen molar-refractivity contribution in [2.24, 2.45) is 4.99 Å². The maximum Gasteiger partial charge on any atom is 0.124 e. The molecule has 0 unspecified atom stereocenters. The van der Waals surface area contributed by atoms with Crippen LogP contribution >= 0.6 is 0 Å². The molecule has 0 saturated carbocycles. The molecule has 3 nitrogen and oxygen atoms in total. The summed E-state index contributed by atoms with van der Waals surface area (Å²) in [6, 6.07) is 24.8. The Balaban J connectivity index is 2.06. The second kappa shape index (κ2) is 9.42. The molecule has 136 valence electrons. The predicted molar refractivity (Wildman–Crippen MR) is 111 cm³/mol. The number of hydrogen-bond donors (Lipinski definition) is 1. The fourth-order valence-corrected chi connectivity index (χ4v) is 2.65. The van der Waals surface area contributed by atoms with E-state index >= 15 is 0 Å². The Morgan fingerprint density at radius 3 is 2.37 bits per heavy atom. The van der Waals surface area contributed by atoms with Gasteiger partial charge in [0.05, 0.1) is 17.9 Å². The van der Waals surface area contributed by atoms with E-state index < -0.39 is 0 Å². The summed E-state index contributed by atoms with van der Waals surface area (Å²) >= 11 is 0. The minimum Gasteiger partial charge on any atom is -0.507 e. The number of phenols is 1. The van der Waals surface area contributed by atoms with Crippen LogP contribution in [-0.2, 0) is 0 Å². The molecule has 1 N–H and O–H groups in total. The average Bonchev–Trinajstić information content (AvgIpc) is 2.72. The number of para-hydroxylation sites is 1. The van der Waals surface area contributed by atoms with Gasteiger partial charge in [0.2, 0.25) is 0 Å². The lowest BCUT2D eigenvalue weighted by atomic mass is 9.98. The highest BCUT2D eigenvalue weighted by molar-refractivity contribution is 6.01. The van der Waals surface area contributed by atoms with Gasteiger partial charge in [-0.1, -0.05) is 61.9 Å². The van der Waals surface area contributed by atoms with Crippen LogP contribution in [0.3, 0.4) is 0 Å². The first kappa shape index (κ1) is 18.5. The molecule has 0 atom stereocenters. The van der Waals surface area contributed by atoms with Crippen LogP contribution in [0.5, 0.6) is 11.5 Å². The van der Waals surface area contributed by atoms with E-state index in [9.17, 15) is 5.11 Å². The summed E-state index contributed by atoms with van der Waals surface area (Å²) in [6.45, 7) is 2.78. The van der Waals surface area contributed by atoms with E-state index in [4.69, 9.17) is 4.74 Å². The second-order valence-corrected chi connectivity index (χ2v) is 6.18. The summed E-state index contributed by atoms with van der Waals surface area (Å²) in [5.41, 5.74) is 3.10. The molecule has 0 bridgehead atoms. The quantitative estimate of drug-likeness (QED) is 0.416. The first-order valence-electron chi connectivity index (χ1n) is 9.18. The number of benzene rings is 3. The van der Waals surface area contributed by atoms with Crippen LogP contribution in [0.4, 0.5) is 5.69 Å². The Hall–Kier alpha value is -3.29. The summed E-state index contributed by atoms with van der Waals surface area (Å²) in [6.07, 6.45) is 2.07. The van der Waals surface area contributed by atoms with E-state index in [1.165, 1.54) is 0 Å². The van der Waals surface area contributed by atoms with E-state index in [1.54, 1.807) is 12.1 Å². The van der Waals surface area contributed by atoms with Gasteiger partial charge in [-0.25, -0.2) is 4.99 Å². The summed E-state index contributed by atoms with van der Waals surface area (Å²) in [4.78, 5) is 4.47. The molecule has 27 heavy (non-hydrogen) atoms. The van der Waals surface area contributed by atoms with Gasteiger partial charge >= 0.3 is 0 Å². The third-order valence-corrected chi connectivity index (χ3v) is 4.12. The van der Waals surface area contributed by atoms with Crippen LogP contribution in [0.25, 0.3) is 5.57 Å². The molecule has 0 aliphatic heterocycles. The minimum absolute atomic E-state index is 0.174. The van der Waals surface area contributed by atoms with Crippen molar-refractivity contribution in [1.82, 2.24) is 0 Å². The minimum atomic E-state index is 0.174. The lowest BCUT2D eigenvalue weighted by Gasteiger charge is -2.11.